The SMILES string of the molecule is COc1ccc(-c2n[nH]c3c2C(c2ccc(OC)cc2OC)N(CCCN2CCOCC2)C3=O)cc1. The molecule has 1 atom stereocenters. The number of rotatable bonds is 9. The molecule has 3 aromatic rings. The molecule has 1 unspecified atom stereocenters. The zero-order valence-corrected chi connectivity index (χ0v) is 21.0. The van der Waals surface area contributed by atoms with E-state index < -0.39 is 0 Å². The molecule has 9 heteroatoms. The maximum atomic E-state index is 13.7. The van der Waals surface area contributed by atoms with Gasteiger partial charge in [-0.1, -0.05) is 0 Å². The largest absolute Gasteiger partial charge is 0.497 e. The Balaban J connectivity index is 1.52. The van der Waals surface area contributed by atoms with Crippen molar-refractivity contribution in [3.05, 3.63) is 59.3 Å². The van der Waals surface area contributed by atoms with Gasteiger partial charge in [-0.25, -0.2) is 0 Å². The van der Waals surface area contributed by atoms with Crippen LogP contribution in [0.5, 0.6) is 17.2 Å². The number of nitrogens with zero attached hydrogens (tertiary/aromatic N) is 3. The van der Waals surface area contributed by atoms with Crippen LogP contribution in [0.4, 0.5) is 0 Å². The number of ether oxygens (including phenoxy) is 4. The van der Waals surface area contributed by atoms with Crippen molar-refractivity contribution >= 4 is 5.91 Å². The van der Waals surface area contributed by atoms with Gasteiger partial charge >= 0.3 is 0 Å². The van der Waals surface area contributed by atoms with Crippen LogP contribution in [0.1, 0.15) is 34.1 Å². The molecule has 1 amide bonds. The summed E-state index contributed by atoms with van der Waals surface area (Å²) in [7, 11) is 4.90. The number of H-pyrrole nitrogens is 1. The number of carbonyl (C=O) groups excluding carboxylic acids is 1. The van der Waals surface area contributed by atoms with Gasteiger partial charge in [-0.05, 0) is 42.8 Å². The predicted molar refractivity (Wildman–Crippen MR) is 135 cm³/mol. The van der Waals surface area contributed by atoms with Crippen molar-refractivity contribution < 1.29 is 23.7 Å². The molecule has 0 bridgehead atoms. The average Bonchev–Trinajstić information content (AvgIpc) is 3.48. The average molecular weight is 493 g/mol. The summed E-state index contributed by atoms with van der Waals surface area (Å²) < 4.78 is 22.0. The Kier molecular flexibility index (Phi) is 7.11. The molecule has 36 heavy (non-hydrogen) atoms. The number of amides is 1. The molecule has 1 fully saturated rings. The normalized spacial score (nSPS) is 17.8. The highest BCUT2D eigenvalue weighted by Gasteiger charge is 2.43. The van der Waals surface area contributed by atoms with Crippen molar-refractivity contribution in [1.29, 1.82) is 0 Å². The zero-order valence-electron chi connectivity index (χ0n) is 21.0. The Morgan fingerprint density at radius 2 is 1.69 bits per heavy atom. The van der Waals surface area contributed by atoms with Gasteiger partial charge in [-0.15, -0.1) is 0 Å². The van der Waals surface area contributed by atoms with Gasteiger partial charge in [0.05, 0.1) is 46.3 Å². The molecule has 9 nitrogen and oxygen atoms in total. The lowest BCUT2D eigenvalue weighted by Crippen LogP contribution is -2.38. The molecule has 190 valence electrons. The molecule has 0 saturated carbocycles. The summed E-state index contributed by atoms with van der Waals surface area (Å²) >= 11 is 0. The molecule has 1 saturated heterocycles. The molecule has 3 heterocycles. The molecule has 0 aliphatic carbocycles. The van der Waals surface area contributed by atoms with Gasteiger partial charge in [0, 0.05) is 48.9 Å². The third kappa shape index (κ3) is 4.52. The van der Waals surface area contributed by atoms with E-state index in [-0.39, 0.29) is 11.9 Å². The van der Waals surface area contributed by atoms with Crippen LogP contribution in [0.15, 0.2) is 42.5 Å². The summed E-state index contributed by atoms with van der Waals surface area (Å²) in [6, 6.07) is 13.1. The van der Waals surface area contributed by atoms with Crippen molar-refractivity contribution in [2.45, 2.75) is 12.5 Å². The van der Waals surface area contributed by atoms with Gasteiger partial charge in [-0.2, -0.15) is 5.10 Å². The highest BCUT2D eigenvalue weighted by atomic mass is 16.5. The number of hydrogen-bond donors (Lipinski definition) is 1. The Morgan fingerprint density at radius 3 is 2.39 bits per heavy atom. The molecule has 1 aromatic heterocycles. The predicted octanol–water partition coefficient (Wildman–Crippen LogP) is 3.37. The minimum Gasteiger partial charge on any atom is -0.497 e. The van der Waals surface area contributed by atoms with Crippen LogP contribution in [0.3, 0.4) is 0 Å². The van der Waals surface area contributed by atoms with E-state index in [4.69, 9.17) is 18.9 Å². The first kappa shape index (κ1) is 24.1. The third-order valence-electron chi connectivity index (χ3n) is 6.94. The van der Waals surface area contributed by atoms with E-state index in [2.05, 4.69) is 15.1 Å². The monoisotopic (exact) mass is 492 g/mol. The van der Waals surface area contributed by atoms with Crippen LogP contribution in [-0.2, 0) is 4.74 Å². The summed E-state index contributed by atoms with van der Waals surface area (Å²) in [5.74, 6) is 2.07. The summed E-state index contributed by atoms with van der Waals surface area (Å²) in [4.78, 5) is 18.0. The van der Waals surface area contributed by atoms with Crippen LogP contribution < -0.4 is 14.2 Å². The summed E-state index contributed by atoms with van der Waals surface area (Å²) in [6.45, 7) is 4.89. The fourth-order valence-corrected chi connectivity index (χ4v) is 5.05. The minimum atomic E-state index is -0.339. The molecular formula is C27H32N4O5. The second-order valence-electron chi connectivity index (χ2n) is 8.91. The molecule has 5 rings (SSSR count). The first-order chi connectivity index (χ1) is 17.6. The Hall–Kier alpha value is -3.56. The van der Waals surface area contributed by atoms with Crippen LogP contribution >= 0.6 is 0 Å². The number of morpholine rings is 1. The molecule has 2 aliphatic heterocycles. The number of hydrogen-bond acceptors (Lipinski definition) is 7. The number of aromatic amines is 1. The molecule has 0 spiro atoms. The zero-order chi connectivity index (χ0) is 25.1. The van der Waals surface area contributed by atoms with E-state index in [0.717, 1.165) is 67.4 Å². The molecule has 1 N–H and O–H groups in total. The lowest BCUT2D eigenvalue weighted by Gasteiger charge is -2.30. The first-order valence-electron chi connectivity index (χ1n) is 12.2. The van der Waals surface area contributed by atoms with Crippen LogP contribution in [0.25, 0.3) is 11.3 Å². The number of fused-ring (bicyclic) bond motifs is 1. The van der Waals surface area contributed by atoms with E-state index in [0.29, 0.717) is 23.7 Å². The number of nitrogens with one attached hydrogen (secondary N) is 1. The Labute approximate surface area is 210 Å². The lowest BCUT2D eigenvalue weighted by atomic mass is 9.95. The number of carbonyl (C=O) groups is 1. The van der Waals surface area contributed by atoms with Gasteiger partial charge in [0.25, 0.3) is 5.91 Å². The van der Waals surface area contributed by atoms with Crippen LogP contribution in [0, 0.1) is 0 Å². The van der Waals surface area contributed by atoms with Gasteiger partial charge in [-0.3, -0.25) is 14.8 Å². The highest BCUT2D eigenvalue weighted by Crippen LogP contribution is 2.46. The van der Waals surface area contributed by atoms with E-state index in [1.54, 1.807) is 21.3 Å². The van der Waals surface area contributed by atoms with Crippen LogP contribution in [0.2, 0.25) is 0 Å². The van der Waals surface area contributed by atoms with E-state index in [1.165, 1.54) is 0 Å². The topological polar surface area (TPSA) is 89.2 Å². The fourth-order valence-electron chi connectivity index (χ4n) is 5.05. The summed E-state index contributed by atoms with van der Waals surface area (Å²) in [5, 5.41) is 7.59. The summed E-state index contributed by atoms with van der Waals surface area (Å²) in [6.07, 6.45) is 0.857. The molecule has 0 radical (unpaired) electrons. The number of methoxy groups -OCH3 is 3. The number of benzene rings is 2. The van der Waals surface area contributed by atoms with Crippen molar-refractivity contribution in [1.82, 2.24) is 20.0 Å². The first-order valence-corrected chi connectivity index (χ1v) is 12.2. The van der Waals surface area contributed by atoms with Gasteiger partial charge in [0.1, 0.15) is 22.9 Å². The van der Waals surface area contributed by atoms with Gasteiger partial charge in [0.2, 0.25) is 0 Å². The quantitative estimate of drug-likeness (QED) is 0.490. The van der Waals surface area contributed by atoms with Gasteiger partial charge in [0.15, 0.2) is 0 Å². The van der Waals surface area contributed by atoms with Crippen molar-refractivity contribution in [3.63, 3.8) is 0 Å². The van der Waals surface area contributed by atoms with E-state index >= 15 is 0 Å². The molecule has 2 aromatic carbocycles. The number of aromatic nitrogens is 2. The van der Waals surface area contributed by atoms with Crippen molar-refractivity contribution in [2.75, 3.05) is 60.7 Å². The minimum absolute atomic E-state index is 0.0536. The molecular weight excluding hydrogens is 460 g/mol. The van der Waals surface area contributed by atoms with Gasteiger partial charge < -0.3 is 23.8 Å². The van der Waals surface area contributed by atoms with Crippen molar-refractivity contribution in [2.24, 2.45) is 0 Å². The van der Waals surface area contributed by atoms with E-state index in [1.807, 2.05) is 47.4 Å². The Bertz CT molecular complexity index is 1200. The second-order valence-corrected chi connectivity index (χ2v) is 8.91. The maximum absolute atomic E-state index is 13.7. The third-order valence-corrected chi connectivity index (χ3v) is 6.94. The molecule has 2 aliphatic rings. The smallest absolute Gasteiger partial charge is 0.273 e. The highest BCUT2D eigenvalue weighted by molar-refractivity contribution is 6.00. The fraction of sp³-hybridized carbons (Fsp3) is 0.407. The maximum Gasteiger partial charge on any atom is 0.273 e. The van der Waals surface area contributed by atoms with E-state index in [9.17, 15) is 4.79 Å². The summed E-state index contributed by atoms with van der Waals surface area (Å²) in [5.41, 5.74) is 3.94. The van der Waals surface area contributed by atoms with Crippen LogP contribution in [-0.4, -0.2) is 86.6 Å². The second kappa shape index (κ2) is 10.6. The van der Waals surface area contributed by atoms with Crippen molar-refractivity contribution in [3.8, 4) is 28.5 Å². The Morgan fingerprint density at radius 1 is 0.972 bits per heavy atom. The lowest BCUT2D eigenvalue weighted by molar-refractivity contribution is 0.0354. The standard InChI is InChI=1S/C27H32N4O5/c1-33-19-7-5-18(6-8-19)24-23-25(29-28-24)27(32)31(12-4-11-30-13-15-36-16-14-30)26(23)21-10-9-20(34-2)17-22(21)35-3/h5-10,17,26H,4,11-16H2,1-3H3,(H,28,29).